The van der Waals surface area contributed by atoms with E-state index in [4.69, 9.17) is 9.47 Å². The molecule has 30 heavy (non-hydrogen) atoms. The van der Waals surface area contributed by atoms with E-state index in [2.05, 4.69) is 15.3 Å². The topological polar surface area (TPSA) is 69.2 Å². The number of aliphatic imine (C=N–C) groups is 1. The molecule has 1 aliphatic heterocycles. The number of amidine groups is 1. The largest absolute Gasteiger partial charge is 0.497 e. The summed E-state index contributed by atoms with van der Waals surface area (Å²) in [6.45, 7) is 0.401. The zero-order valence-corrected chi connectivity index (χ0v) is 16.2. The highest BCUT2D eigenvalue weighted by molar-refractivity contribution is 5.77. The fraction of sp³-hybridized carbons (Fsp3) is 0.130. The van der Waals surface area contributed by atoms with E-state index in [1.165, 1.54) is 6.07 Å². The molecule has 1 atom stereocenters. The third-order valence-corrected chi connectivity index (χ3v) is 4.98. The zero-order valence-electron chi connectivity index (χ0n) is 16.2. The third kappa shape index (κ3) is 3.57. The Kier molecular flexibility index (Phi) is 5.34. The Morgan fingerprint density at radius 2 is 1.90 bits per heavy atom. The summed E-state index contributed by atoms with van der Waals surface area (Å²) in [7, 11) is 1.57. The maximum absolute atomic E-state index is 14.8. The van der Waals surface area contributed by atoms with Gasteiger partial charge in [-0.15, -0.1) is 0 Å². The molecule has 3 aromatic rings. The van der Waals surface area contributed by atoms with E-state index in [1.54, 1.807) is 31.4 Å². The molecule has 0 aliphatic carbocycles. The van der Waals surface area contributed by atoms with Crippen LogP contribution in [0.25, 0.3) is 11.1 Å². The van der Waals surface area contributed by atoms with Crippen LogP contribution in [0, 0.1) is 5.82 Å². The lowest BCUT2D eigenvalue weighted by molar-refractivity contribution is -0.132. The molecule has 0 radical (unpaired) electrons. The number of rotatable bonds is 6. The second kappa shape index (κ2) is 8.24. The van der Waals surface area contributed by atoms with Crippen LogP contribution >= 0.6 is 0 Å². The second-order valence-corrected chi connectivity index (χ2v) is 6.67. The monoisotopic (exact) mass is 406 g/mol. The lowest BCUT2D eigenvalue weighted by atomic mass is 9.83. The van der Waals surface area contributed by atoms with Gasteiger partial charge in [-0.3, -0.25) is 4.79 Å². The average molecular weight is 406 g/mol. The van der Waals surface area contributed by atoms with Crippen LogP contribution < -0.4 is 10.2 Å². The Hall–Kier alpha value is -3.87. The lowest BCUT2D eigenvalue weighted by Gasteiger charge is -2.26. The van der Waals surface area contributed by atoms with Crippen molar-refractivity contribution in [2.45, 2.75) is 5.54 Å². The fourth-order valence-electron chi connectivity index (χ4n) is 3.51. The standard InChI is InChI=1S/C23H19FN2O4/c1-28-19-9-5-6-16(12-19)20-13-18(10-11-21(20)24)23(17-7-3-2-4-8-17)14-29-22(25-23)26-30-15-27/h2-13,15H,14H2,1H3,(H,25,26). The summed E-state index contributed by atoms with van der Waals surface area (Å²) in [4.78, 5) is 19.7. The van der Waals surface area contributed by atoms with Gasteiger partial charge in [0.25, 0.3) is 0 Å². The van der Waals surface area contributed by atoms with Gasteiger partial charge in [-0.25, -0.2) is 9.38 Å². The summed E-state index contributed by atoms with van der Waals surface area (Å²) < 4.78 is 25.7. The van der Waals surface area contributed by atoms with E-state index in [0.717, 1.165) is 11.1 Å². The number of carbonyl (C=O) groups excluding carboxylic acids is 1. The van der Waals surface area contributed by atoms with E-state index < -0.39 is 5.54 Å². The molecule has 1 unspecified atom stereocenters. The van der Waals surface area contributed by atoms with Gasteiger partial charge in [0, 0.05) is 5.56 Å². The summed E-state index contributed by atoms with van der Waals surface area (Å²) in [5, 5.41) is 0. The van der Waals surface area contributed by atoms with Gasteiger partial charge in [-0.05, 0) is 41.0 Å². The number of hydroxylamine groups is 1. The molecule has 1 N–H and O–H groups in total. The van der Waals surface area contributed by atoms with Crippen molar-refractivity contribution < 1.29 is 23.5 Å². The Balaban J connectivity index is 1.84. The first kappa shape index (κ1) is 19.4. The first-order valence-electron chi connectivity index (χ1n) is 9.24. The maximum Gasteiger partial charge on any atom is 0.320 e. The van der Waals surface area contributed by atoms with Crippen molar-refractivity contribution >= 4 is 12.5 Å². The van der Waals surface area contributed by atoms with Gasteiger partial charge >= 0.3 is 12.5 Å². The quantitative estimate of drug-likeness (QED) is 0.498. The summed E-state index contributed by atoms with van der Waals surface area (Å²) in [6, 6.07) is 21.7. The average Bonchev–Trinajstić information content (AvgIpc) is 3.24. The molecule has 0 saturated carbocycles. The Bertz CT molecular complexity index is 1090. The molecule has 7 heteroatoms. The van der Waals surface area contributed by atoms with Crippen LogP contribution in [0.1, 0.15) is 11.1 Å². The van der Waals surface area contributed by atoms with E-state index in [-0.39, 0.29) is 24.9 Å². The second-order valence-electron chi connectivity index (χ2n) is 6.67. The van der Waals surface area contributed by atoms with Crippen LogP contribution in [-0.4, -0.2) is 26.2 Å². The van der Waals surface area contributed by atoms with Gasteiger partial charge in [-0.1, -0.05) is 48.5 Å². The first-order chi connectivity index (χ1) is 14.7. The van der Waals surface area contributed by atoms with Gasteiger partial charge in [-0.2, -0.15) is 5.48 Å². The van der Waals surface area contributed by atoms with E-state index >= 15 is 0 Å². The highest BCUT2D eigenvalue weighted by Crippen LogP contribution is 2.40. The smallest absolute Gasteiger partial charge is 0.320 e. The number of ether oxygens (including phenoxy) is 2. The van der Waals surface area contributed by atoms with E-state index in [9.17, 15) is 9.18 Å². The number of nitrogens with one attached hydrogen (secondary N) is 1. The van der Waals surface area contributed by atoms with Crippen molar-refractivity contribution in [1.82, 2.24) is 5.48 Å². The van der Waals surface area contributed by atoms with Gasteiger partial charge in [0.15, 0.2) is 5.54 Å². The van der Waals surface area contributed by atoms with Crippen molar-refractivity contribution in [2.75, 3.05) is 13.7 Å². The predicted octanol–water partition coefficient (Wildman–Crippen LogP) is 3.81. The minimum atomic E-state index is -0.933. The third-order valence-electron chi connectivity index (χ3n) is 4.98. The van der Waals surface area contributed by atoms with Crippen LogP contribution in [0.4, 0.5) is 4.39 Å². The molecule has 0 fully saturated rings. The summed E-state index contributed by atoms with van der Waals surface area (Å²) in [5.41, 5.74) is 4.13. The minimum absolute atomic E-state index is 0.0678. The molecule has 4 rings (SSSR count). The summed E-state index contributed by atoms with van der Waals surface area (Å²) >= 11 is 0. The van der Waals surface area contributed by atoms with Gasteiger partial charge in [0.05, 0.1) is 7.11 Å². The molecule has 0 aromatic heterocycles. The maximum atomic E-state index is 14.8. The number of nitrogens with zero attached hydrogens (tertiary/aromatic N) is 1. The molecule has 1 aliphatic rings. The molecule has 152 valence electrons. The normalized spacial score (nSPS) is 17.6. The summed E-state index contributed by atoms with van der Waals surface area (Å²) in [5.74, 6) is 0.274. The number of hydrogen-bond acceptors (Lipinski definition) is 6. The van der Waals surface area contributed by atoms with Crippen LogP contribution in [0.15, 0.2) is 77.8 Å². The predicted molar refractivity (Wildman–Crippen MR) is 109 cm³/mol. The number of carbonyl (C=O) groups is 1. The fourth-order valence-corrected chi connectivity index (χ4v) is 3.51. The van der Waals surface area contributed by atoms with Gasteiger partial charge in [0.1, 0.15) is 18.2 Å². The molecule has 0 bridgehead atoms. The zero-order chi connectivity index (χ0) is 21.0. The first-order valence-corrected chi connectivity index (χ1v) is 9.24. The lowest BCUT2D eigenvalue weighted by Crippen LogP contribution is -2.27. The Labute approximate surface area is 172 Å². The molecule has 1 heterocycles. The van der Waals surface area contributed by atoms with Gasteiger partial charge < -0.3 is 14.3 Å². The van der Waals surface area contributed by atoms with Crippen molar-refractivity contribution in [3.05, 3.63) is 89.7 Å². The highest BCUT2D eigenvalue weighted by Gasteiger charge is 2.41. The van der Waals surface area contributed by atoms with Crippen molar-refractivity contribution in [3.8, 4) is 16.9 Å². The van der Waals surface area contributed by atoms with E-state index in [1.807, 2.05) is 42.5 Å². The SMILES string of the molecule is COc1cccc(-c2cc(C3(c4ccccc4)COC(NOC=O)=N3)ccc2F)c1. The molecular weight excluding hydrogens is 387 g/mol. The molecular formula is C23H19FN2O4. The molecule has 3 aromatic carbocycles. The van der Waals surface area contributed by atoms with Crippen LogP contribution in [-0.2, 0) is 19.9 Å². The van der Waals surface area contributed by atoms with E-state index in [0.29, 0.717) is 16.9 Å². The van der Waals surface area contributed by atoms with Gasteiger partial charge in [0.2, 0.25) is 0 Å². The molecule has 6 nitrogen and oxygen atoms in total. The minimum Gasteiger partial charge on any atom is -0.497 e. The Morgan fingerprint density at radius 1 is 1.07 bits per heavy atom. The molecule has 0 spiro atoms. The number of hydrogen-bond donors (Lipinski definition) is 1. The van der Waals surface area contributed by atoms with Crippen molar-refractivity contribution in [2.24, 2.45) is 4.99 Å². The van der Waals surface area contributed by atoms with Crippen LogP contribution in [0.2, 0.25) is 0 Å². The van der Waals surface area contributed by atoms with Crippen LogP contribution in [0.5, 0.6) is 5.75 Å². The molecule has 0 saturated heterocycles. The number of benzene rings is 3. The summed E-state index contributed by atoms with van der Waals surface area (Å²) in [6.07, 6.45) is 0. The Morgan fingerprint density at radius 3 is 2.67 bits per heavy atom. The van der Waals surface area contributed by atoms with Crippen LogP contribution in [0.3, 0.4) is 0 Å². The van der Waals surface area contributed by atoms with Crippen molar-refractivity contribution in [1.29, 1.82) is 0 Å². The highest BCUT2D eigenvalue weighted by atomic mass is 19.1. The van der Waals surface area contributed by atoms with Crippen molar-refractivity contribution in [3.63, 3.8) is 0 Å². The molecule has 0 amide bonds. The number of methoxy groups -OCH3 is 1. The number of halogens is 1.